The van der Waals surface area contributed by atoms with E-state index in [2.05, 4.69) is 0 Å². The third-order valence-electron chi connectivity index (χ3n) is 3.32. The molecule has 0 N–H and O–H groups in total. The molecule has 0 radical (unpaired) electrons. The molecule has 2 aromatic rings. The first-order valence-electron chi connectivity index (χ1n) is 7.10. The van der Waals surface area contributed by atoms with Gasteiger partial charge in [-0.25, -0.2) is 0 Å². The average molecular weight is 292 g/mol. The van der Waals surface area contributed by atoms with Gasteiger partial charge >= 0.3 is 5.97 Å². The summed E-state index contributed by atoms with van der Waals surface area (Å²) in [6.07, 6.45) is 3.91. The van der Waals surface area contributed by atoms with Crippen molar-refractivity contribution in [2.75, 3.05) is 6.61 Å². The number of hydrogen-bond donors (Lipinski definition) is 0. The van der Waals surface area contributed by atoms with Gasteiger partial charge in [-0.15, -0.1) is 0 Å². The van der Waals surface area contributed by atoms with E-state index in [1.165, 1.54) is 6.92 Å². The molecule has 1 heterocycles. The normalized spacial score (nSPS) is 13.1. The van der Waals surface area contributed by atoms with Gasteiger partial charge in [0.2, 0.25) is 0 Å². The fourth-order valence-electron chi connectivity index (χ4n) is 2.28. The van der Waals surface area contributed by atoms with Crippen LogP contribution in [-0.2, 0) is 14.3 Å². The lowest BCUT2D eigenvalue weighted by Crippen LogP contribution is -2.05. The van der Waals surface area contributed by atoms with Crippen molar-refractivity contribution < 1.29 is 14.3 Å². The van der Waals surface area contributed by atoms with Crippen LogP contribution in [0.15, 0.2) is 60.4 Å². The van der Waals surface area contributed by atoms with Crippen molar-refractivity contribution in [3.8, 4) is 0 Å². The van der Waals surface area contributed by atoms with E-state index in [1.807, 2.05) is 66.7 Å². The van der Waals surface area contributed by atoms with E-state index in [-0.39, 0.29) is 12.6 Å². The molecule has 0 aromatic heterocycles. The highest BCUT2D eigenvalue weighted by atomic mass is 16.6. The molecule has 0 amide bonds. The molecule has 110 valence electrons. The molecule has 0 spiro atoms. The van der Waals surface area contributed by atoms with E-state index in [9.17, 15) is 4.79 Å². The fraction of sp³-hybridized carbons (Fsp3) is 0.105. The monoisotopic (exact) mass is 292 g/mol. The van der Waals surface area contributed by atoms with Gasteiger partial charge in [0.1, 0.15) is 18.1 Å². The van der Waals surface area contributed by atoms with Gasteiger partial charge in [-0.2, -0.15) is 0 Å². The Balaban J connectivity index is 2.00. The first kappa shape index (κ1) is 14.1. The second-order valence-electron chi connectivity index (χ2n) is 5.00. The third-order valence-corrected chi connectivity index (χ3v) is 3.32. The molecule has 1 aliphatic rings. The van der Waals surface area contributed by atoms with Crippen LogP contribution in [0, 0.1) is 0 Å². The zero-order valence-corrected chi connectivity index (χ0v) is 12.3. The molecule has 1 aliphatic heterocycles. The van der Waals surface area contributed by atoms with Crippen LogP contribution < -0.4 is 0 Å². The molecule has 0 saturated carbocycles. The zero-order valence-electron chi connectivity index (χ0n) is 12.3. The maximum atomic E-state index is 11.0. The lowest BCUT2D eigenvalue weighted by molar-refractivity contribution is -0.140. The van der Waals surface area contributed by atoms with Gasteiger partial charge in [0, 0.05) is 12.5 Å². The van der Waals surface area contributed by atoms with Crippen LogP contribution in [0.4, 0.5) is 0 Å². The van der Waals surface area contributed by atoms with E-state index < -0.39 is 0 Å². The van der Waals surface area contributed by atoms with E-state index in [0.717, 1.165) is 22.4 Å². The lowest BCUT2D eigenvalue weighted by atomic mass is 10.1. The first-order valence-corrected chi connectivity index (χ1v) is 7.10. The second kappa shape index (κ2) is 6.31. The standard InChI is InChI=1S/C19H16O3/c1-14(20)21-13-18-11-16-9-5-6-10-17(16)12-19(22-18)15-7-3-2-4-8-15/h2-12H,13H2,1H3. The Morgan fingerprint density at radius 1 is 0.955 bits per heavy atom. The molecule has 3 rings (SSSR count). The molecule has 0 aliphatic carbocycles. The van der Waals surface area contributed by atoms with Crippen LogP contribution in [0.25, 0.3) is 17.9 Å². The molecule has 0 saturated heterocycles. The summed E-state index contributed by atoms with van der Waals surface area (Å²) in [7, 11) is 0. The molecular formula is C19H16O3. The van der Waals surface area contributed by atoms with Crippen LogP contribution in [0.1, 0.15) is 23.6 Å². The van der Waals surface area contributed by atoms with Crippen LogP contribution >= 0.6 is 0 Å². The summed E-state index contributed by atoms with van der Waals surface area (Å²) >= 11 is 0. The van der Waals surface area contributed by atoms with Crippen LogP contribution in [0.5, 0.6) is 0 Å². The summed E-state index contributed by atoms with van der Waals surface area (Å²) in [4.78, 5) is 11.0. The maximum Gasteiger partial charge on any atom is 0.303 e. The van der Waals surface area contributed by atoms with E-state index >= 15 is 0 Å². The summed E-state index contributed by atoms with van der Waals surface area (Å²) in [5.74, 6) is 1.02. The van der Waals surface area contributed by atoms with Crippen LogP contribution in [0.2, 0.25) is 0 Å². The Bertz CT molecular complexity index is 742. The molecule has 0 bridgehead atoms. The van der Waals surface area contributed by atoms with E-state index in [4.69, 9.17) is 9.47 Å². The van der Waals surface area contributed by atoms with Gasteiger partial charge in [0.25, 0.3) is 0 Å². The van der Waals surface area contributed by atoms with Crippen molar-refractivity contribution in [2.45, 2.75) is 6.92 Å². The molecular weight excluding hydrogens is 276 g/mol. The van der Waals surface area contributed by atoms with Gasteiger partial charge in [-0.1, -0.05) is 54.6 Å². The number of hydrogen-bond acceptors (Lipinski definition) is 3. The second-order valence-corrected chi connectivity index (χ2v) is 5.00. The maximum absolute atomic E-state index is 11.0. The van der Waals surface area contributed by atoms with Crippen LogP contribution in [0.3, 0.4) is 0 Å². The smallest absolute Gasteiger partial charge is 0.303 e. The average Bonchev–Trinajstić information content (AvgIpc) is 2.73. The van der Waals surface area contributed by atoms with Crippen molar-refractivity contribution in [2.24, 2.45) is 0 Å². The van der Waals surface area contributed by atoms with Gasteiger partial charge in [0.15, 0.2) is 0 Å². The minimum absolute atomic E-state index is 0.119. The highest BCUT2D eigenvalue weighted by Crippen LogP contribution is 2.29. The van der Waals surface area contributed by atoms with Crippen LogP contribution in [-0.4, -0.2) is 12.6 Å². The predicted molar refractivity (Wildman–Crippen MR) is 86.5 cm³/mol. The van der Waals surface area contributed by atoms with Gasteiger partial charge in [0.05, 0.1) is 0 Å². The van der Waals surface area contributed by atoms with Crippen molar-refractivity contribution >= 4 is 23.9 Å². The van der Waals surface area contributed by atoms with Crippen molar-refractivity contribution in [3.05, 3.63) is 77.0 Å². The largest absolute Gasteiger partial charge is 0.458 e. The summed E-state index contributed by atoms with van der Waals surface area (Å²) < 4.78 is 11.1. The molecule has 3 heteroatoms. The van der Waals surface area contributed by atoms with E-state index in [0.29, 0.717) is 5.76 Å². The number of ether oxygens (including phenoxy) is 2. The number of esters is 1. The number of carbonyl (C=O) groups excluding carboxylic acids is 1. The quantitative estimate of drug-likeness (QED) is 0.798. The Morgan fingerprint density at radius 2 is 1.59 bits per heavy atom. The molecule has 0 fully saturated rings. The van der Waals surface area contributed by atoms with Crippen molar-refractivity contribution in [1.82, 2.24) is 0 Å². The van der Waals surface area contributed by atoms with E-state index in [1.54, 1.807) is 0 Å². The van der Waals surface area contributed by atoms with Crippen molar-refractivity contribution in [1.29, 1.82) is 0 Å². The lowest BCUT2D eigenvalue weighted by Gasteiger charge is -2.12. The first-order chi connectivity index (χ1) is 10.7. The third kappa shape index (κ3) is 3.26. The fourth-order valence-corrected chi connectivity index (χ4v) is 2.28. The molecule has 0 unspecified atom stereocenters. The Hall–Kier alpha value is -2.81. The molecule has 3 nitrogen and oxygen atoms in total. The highest BCUT2D eigenvalue weighted by molar-refractivity contribution is 5.83. The topological polar surface area (TPSA) is 35.5 Å². The van der Waals surface area contributed by atoms with Gasteiger partial charge in [-0.3, -0.25) is 4.79 Å². The SMILES string of the molecule is CC(=O)OCC1=Cc2ccccc2C=C(c2ccccc2)O1. The summed E-state index contributed by atoms with van der Waals surface area (Å²) in [6.45, 7) is 1.51. The minimum atomic E-state index is -0.327. The number of benzene rings is 2. The highest BCUT2D eigenvalue weighted by Gasteiger charge is 2.14. The summed E-state index contributed by atoms with van der Waals surface area (Å²) in [5.41, 5.74) is 3.09. The minimum Gasteiger partial charge on any atom is -0.458 e. The number of fused-ring (bicyclic) bond motifs is 1. The molecule has 2 aromatic carbocycles. The number of carbonyl (C=O) groups is 1. The predicted octanol–water partition coefficient (Wildman–Crippen LogP) is 4.12. The summed E-state index contributed by atoms with van der Waals surface area (Å²) in [5, 5.41) is 0. The van der Waals surface area contributed by atoms with Gasteiger partial charge in [-0.05, 0) is 23.3 Å². The number of rotatable bonds is 3. The summed E-state index contributed by atoms with van der Waals surface area (Å²) in [6, 6.07) is 17.9. The molecule has 0 atom stereocenters. The zero-order chi connectivity index (χ0) is 15.4. The van der Waals surface area contributed by atoms with Gasteiger partial charge < -0.3 is 9.47 Å². The Labute approximate surface area is 129 Å². The Morgan fingerprint density at radius 3 is 2.27 bits per heavy atom. The Kier molecular flexibility index (Phi) is 4.05. The van der Waals surface area contributed by atoms with Crippen molar-refractivity contribution in [3.63, 3.8) is 0 Å². The molecule has 22 heavy (non-hydrogen) atoms.